The van der Waals surface area contributed by atoms with E-state index < -0.39 is 5.97 Å². The van der Waals surface area contributed by atoms with Crippen molar-refractivity contribution in [2.45, 2.75) is 32.9 Å². The fourth-order valence-corrected chi connectivity index (χ4v) is 1.56. The molecule has 16 heavy (non-hydrogen) atoms. The molecule has 0 aliphatic carbocycles. The number of aryl methyl sites for hydroxylation is 1. The molecule has 1 heterocycles. The van der Waals surface area contributed by atoms with Crippen LogP contribution in [0.5, 0.6) is 0 Å². The van der Waals surface area contributed by atoms with Gasteiger partial charge >= 0.3 is 5.97 Å². The Balaban J connectivity index is 2.45. The lowest BCUT2D eigenvalue weighted by atomic mass is 10.3. The summed E-state index contributed by atoms with van der Waals surface area (Å²) < 4.78 is 2.11. The van der Waals surface area contributed by atoms with Crippen molar-refractivity contribution < 1.29 is 9.90 Å². The second-order valence-corrected chi connectivity index (χ2v) is 3.96. The van der Waals surface area contributed by atoms with Crippen LogP contribution in [0, 0.1) is 0 Å². The molecular weight excluding hydrogens is 206 g/mol. The number of hydrogen-bond acceptors (Lipinski definition) is 3. The van der Waals surface area contributed by atoms with Gasteiger partial charge in [0.1, 0.15) is 0 Å². The Morgan fingerprint density at radius 3 is 3.00 bits per heavy atom. The van der Waals surface area contributed by atoms with Crippen LogP contribution >= 0.6 is 0 Å². The van der Waals surface area contributed by atoms with E-state index in [-0.39, 0.29) is 6.42 Å². The Bertz CT molecular complexity index is 336. The van der Waals surface area contributed by atoms with Crippen LogP contribution in [0.2, 0.25) is 0 Å². The Labute approximate surface area is 95.7 Å². The molecule has 0 atom stereocenters. The lowest BCUT2D eigenvalue weighted by Gasteiger charge is -2.16. The number of carboxylic acids is 1. The average Bonchev–Trinajstić information content (AvgIpc) is 2.63. The third kappa shape index (κ3) is 4.02. The molecule has 0 spiro atoms. The minimum atomic E-state index is -0.756. The first-order valence-electron chi connectivity index (χ1n) is 5.52. The first-order chi connectivity index (χ1) is 7.63. The van der Waals surface area contributed by atoms with Gasteiger partial charge in [-0.3, -0.25) is 9.69 Å². The lowest BCUT2D eigenvalue weighted by Crippen LogP contribution is -2.22. The number of nitrogens with zero attached hydrogens (tertiary/aromatic N) is 3. The van der Waals surface area contributed by atoms with E-state index >= 15 is 0 Å². The Morgan fingerprint density at radius 2 is 2.38 bits per heavy atom. The average molecular weight is 225 g/mol. The normalized spacial score (nSPS) is 10.9. The molecule has 90 valence electrons. The molecule has 0 fully saturated rings. The molecule has 1 rings (SSSR count). The highest BCUT2D eigenvalue weighted by atomic mass is 16.4. The number of aliphatic carboxylic acids is 1. The number of rotatable bonds is 7. The highest BCUT2D eigenvalue weighted by molar-refractivity contribution is 5.66. The van der Waals surface area contributed by atoms with Crippen LogP contribution < -0.4 is 0 Å². The molecule has 0 aliphatic rings. The summed E-state index contributed by atoms with van der Waals surface area (Å²) in [6, 6.07) is 0. The predicted molar refractivity (Wildman–Crippen MR) is 61.1 cm³/mol. The zero-order valence-electron chi connectivity index (χ0n) is 9.89. The van der Waals surface area contributed by atoms with E-state index in [0.717, 1.165) is 25.2 Å². The van der Waals surface area contributed by atoms with Crippen molar-refractivity contribution in [3.05, 3.63) is 18.2 Å². The predicted octanol–water partition coefficient (Wildman–Crippen LogP) is 1.20. The van der Waals surface area contributed by atoms with Crippen LogP contribution in [-0.2, 0) is 17.9 Å². The number of imidazole rings is 1. The smallest absolute Gasteiger partial charge is 0.304 e. The molecule has 5 nitrogen and oxygen atoms in total. The SMILES string of the molecule is CCCn1cncc1CN(C)CCC(=O)O. The molecule has 0 amide bonds. The highest BCUT2D eigenvalue weighted by Crippen LogP contribution is 2.04. The molecule has 0 bridgehead atoms. The summed E-state index contributed by atoms with van der Waals surface area (Å²) in [4.78, 5) is 16.5. The largest absolute Gasteiger partial charge is 0.481 e. The fraction of sp³-hybridized carbons (Fsp3) is 0.636. The standard InChI is InChI=1S/C11H19N3O2/c1-3-5-14-9-12-7-10(14)8-13(2)6-4-11(15)16/h7,9H,3-6,8H2,1-2H3,(H,15,16). The summed E-state index contributed by atoms with van der Waals surface area (Å²) in [6.07, 6.45) is 4.91. The van der Waals surface area contributed by atoms with Crippen LogP contribution in [0.15, 0.2) is 12.5 Å². The van der Waals surface area contributed by atoms with Crippen LogP contribution in [0.1, 0.15) is 25.5 Å². The lowest BCUT2D eigenvalue weighted by molar-refractivity contribution is -0.137. The van der Waals surface area contributed by atoms with Crippen molar-refractivity contribution in [1.82, 2.24) is 14.5 Å². The monoisotopic (exact) mass is 225 g/mol. The quantitative estimate of drug-likeness (QED) is 0.757. The zero-order chi connectivity index (χ0) is 12.0. The van der Waals surface area contributed by atoms with Crippen molar-refractivity contribution in [3.8, 4) is 0 Å². The minimum Gasteiger partial charge on any atom is -0.481 e. The molecule has 1 N–H and O–H groups in total. The Morgan fingerprint density at radius 1 is 1.62 bits per heavy atom. The molecule has 0 unspecified atom stereocenters. The van der Waals surface area contributed by atoms with Crippen molar-refractivity contribution in [2.24, 2.45) is 0 Å². The van der Waals surface area contributed by atoms with E-state index in [9.17, 15) is 4.79 Å². The maximum atomic E-state index is 10.4. The summed E-state index contributed by atoms with van der Waals surface area (Å²) >= 11 is 0. The topological polar surface area (TPSA) is 58.4 Å². The van der Waals surface area contributed by atoms with Gasteiger partial charge in [-0.15, -0.1) is 0 Å². The van der Waals surface area contributed by atoms with Gasteiger partial charge in [0, 0.05) is 25.8 Å². The Hall–Kier alpha value is -1.36. The maximum Gasteiger partial charge on any atom is 0.304 e. The molecule has 0 aliphatic heterocycles. The van der Waals surface area contributed by atoms with Crippen molar-refractivity contribution in [3.63, 3.8) is 0 Å². The maximum absolute atomic E-state index is 10.4. The highest BCUT2D eigenvalue weighted by Gasteiger charge is 2.06. The van der Waals surface area contributed by atoms with E-state index in [1.165, 1.54) is 0 Å². The molecule has 0 saturated heterocycles. The second kappa shape index (κ2) is 6.27. The molecular formula is C11H19N3O2. The summed E-state index contributed by atoms with van der Waals surface area (Å²) in [5.74, 6) is -0.756. The third-order valence-electron chi connectivity index (χ3n) is 2.40. The van der Waals surface area contributed by atoms with Crippen LogP contribution in [-0.4, -0.2) is 39.1 Å². The van der Waals surface area contributed by atoms with Gasteiger partial charge < -0.3 is 9.67 Å². The van der Waals surface area contributed by atoms with E-state index in [2.05, 4.69) is 16.5 Å². The van der Waals surface area contributed by atoms with Crippen molar-refractivity contribution in [1.29, 1.82) is 0 Å². The van der Waals surface area contributed by atoms with Gasteiger partial charge in [0.05, 0.1) is 18.4 Å². The number of aromatic nitrogens is 2. The van der Waals surface area contributed by atoms with Gasteiger partial charge in [-0.25, -0.2) is 4.98 Å². The number of carbonyl (C=O) groups is 1. The number of hydrogen-bond donors (Lipinski definition) is 1. The van der Waals surface area contributed by atoms with Crippen molar-refractivity contribution in [2.75, 3.05) is 13.6 Å². The first kappa shape index (κ1) is 12.7. The minimum absolute atomic E-state index is 0.179. The van der Waals surface area contributed by atoms with Crippen molar-refractivity contribution >= 4 is 5.97 Å². The van der Waals surface area contributed by atoms with Gasteiger partial charge in [-0.2, -0.15) is 0 Å². The number of carboxylic acid groups (broad SMARTS) is 1. The van der Waals surface area contributed by atoms with E-state index in [0.29, 0.717) is 6.54 Å². The third-order valence-corrected chi connectivity index (χ3v) is 2.40. The Kier molecular flexibility index (Phi) is 4.98. The van der Waals surface area contributed by atoms with Gasteiger partial charge in [0.25, 0.3) is 0 Å². The van der Waals surface area contributed by atoms with Crippen LogP contribution in [0.4, 0.5) is 0 Å². The summed E-state index contributed by atoms with van der Waals surface area (Å²) in [6.45, 7) is 4.39. The second-order valence-electron chi connectivity index (χ2n) is 3.96. The molecule has 1 aromatic heterocycles. The van der Waals surface area contributed by atoms with Crippen LogP contribution in [0.3, 0.4) is 0 Å². The van der Waals surface area contributed by atoms with Crippen LogP contribution in [0.25, 0.3) is 0 Å². The van der Waals surface area contributed by atoms with Gasteiger partial charge in [0.15, 0.2) is 0 Å². The van der Waals surface area contributed by atoms with Gasteiger partial charge in [-0.1, -0.05) is 6.92 Å². The molecule has 5 heteroatoms. The summed E-state index contributed by atoms with van der Waals surface area (Å²) in [5.41, 5.74) is 1.13. The van der Waals surface area contributed by atoms with E-state index in [4.69, 9.17) is 5.11 Å². The van der Waals surface area contributed by atoms with Gasteiger partial charge in [0.2, 0.25) is 0 Å². The van der Waals surface area contributed by atoms with Gasteiger partial charge in [-0.05, 0) is 13.5 Å². The molecule has 0 saturated carbocycles. The molecule has 1 aromatic rings. The fourth-order valence-electron chi connectivity index (χ4n) is 1.56. The van der Waals surface area contributed by atoms with E-state index in [1.54, 1.807) is 0 Å². The molecule has 0 radical (unpaired) electrons. The van der Waals surface area contributed by atoms with E-state index in [1.807, 2.05) is 24.5 Å². The first-order valence-corrected chi connectivity index (χ1v) is 5.52. The summed E-state index contributed by atoms with van der Waals surface area (Å²) in [7, 11) is 1.92. The molecule has 0 aromatic carbocycles. The zero-order valence-corrected chi connectivity index (χ0v) is 9.89. The summed E-state index contributed by atoms with van der Waals surface area (Å²) in [5, 5.41) is 8.58.